The molecule has 0 atom stereocenters. The number of aryl methyl sites for hydroxylation is 2. The second-order valence-corrected chi connectivity index (χ2v) is 7.06. The maximum absolute atomic E-state index is 12.9. The molecule has 0 aromatic heterocycles. The van der Waals surface area contributed by atoms with Crippen LogP contribution in [0, 0.1) is 13.8 Å². The molecule has 4 heteroatoms. The van der Waals surface area contributed by atoms with Gasteiger partial charge in [-0.15, -0.1) is 0 Å². The molecule has 2 amide bonds. The third kappa shape index (κ3) is 5.85. The van der Waals surface area contributed by atoms with Crippen LogP contribution < -0.4 is 15.0 Å². The van der Waals surface area contributed by atoms with Gasteiger partial charge in [0.2, 0.25) is 0 Å². The number of carbonyl (C=O) groups is 1. The van der Waals surface area contributed by atoms with Gasteiger partial charge in [0.1, 0.15) is 5.75 Å². The summed E-state index contributed by atoms with van der Waals surface area (Å²) in [7, 11) is 0. The quantitative estimate of drug-likeness (QED) is 0.519. The van der Waals surface area contributed by atoms with Gasteiger partial charge in [-0.1, -0.05) is 66.7 Å². The molecule has 29 heavy (non-hydrogen) atoms. The third-order valence-electron chi connectivity index (χ3n) is 4.75. The Bertz CT molecular complexity index is 890. The van der Waals surface area contributed by atoms with Gasteiger partial charge in [0.05, 0.1) is 13.2 Å². The van der Waals surface area contributed by atoms with Crippen molar-refractivity contribution in [2.45, 2.75) is 26.8 Å². The van der Waals surface area contributed by atoms with E-state index < -0.39 is 0 Å². The van der Waals surface area contributed by atoms with E-state index in [1.54, 1.807) is 4.90 Å². The van der Waals surface area contributed by atoms with Crippen LogP contribution in [0.1, 0.15) is 23.1 Å². The number of carbonyl (C=O) groups excluding carboxylic acids is 1. The number of hydrogen-bond donors (Lipinski definition) is 1. The van der Waals surface area contributed by atoms with Crippen LogP contribution in [0.4, 0.5) is 10.5 Å². The monoisotopic (exact) mass is 388 g/mol. The summed E-state index contributed by atoms with van der Waals surface area (Å²) in [5.74, 6) is 0.939. The van der Waals surface area contributed by atoms with Gasteiger partial charge in [0.25, 0.3) is 0 Å². The molecule has 0 saturated carbocycles. The number of nitrogens with zero attached hydrogens (tertiary/aromatic N) is 1. The number of nitrogens with one attached hydrogen (secondary N) is 1. The lowest BCUT2D eigenvalue weighted by Gasteiger charge is -2.23. The summed E-state index contributed by atoms with van der Waals surface area (Å²) in [5.41, 5.74) is 4.23. The first-order chi connectivity index (χ1) is 14.1. The summed E-state index contributed by atoms with van der Waals surface area (Å²) >= 11 is 0. The Labute approximate surface area is 173 Å². The Balaban J connectivity index is 1.54. The van der Waals surface area contributed by atoms with Crippen LogP contribution in [-0.2, 0) is 6.54 Å². The number of benzene rings is 3. The molecule has 0 heterocycles. The summed E-state index contributed by atoms with van der Waals surface area (Å²) < 4.78 is 5.93. The van der Waals surface area contributed by atoms with Gasteiger partial charge >= 0.3 is 6.03 Å². The molecule has 150 valence electrons. The third-order valence-corrected chi connectivity index (χ3v) is 4.75. The molecule has 0 bridgehead atoms. The van der Waals surface area contributed by atoms with E-state index in [9.17, 15) is 4.79 Å². The SMILES string of the molecule is Cc1cccc(C)c1OCCCNC(=O)N(Cc1ccccc1)c1ccccc1. The van der Waals surface area contributed by atoms with Crippen LogP contribution in [0.5, 0.6) is 5.75 Å². The number of rotatable bonds is 8. The van der Waals surface area contributed by atoms with Crippen LogP contribution in [0.15, 0.2) is 78.9 Å². The van der Waals surface area contributed by atoms with Gasteiger partial charge in [0.15, 0.2) is 0 Å². The Morgan fingerprint density at radius 2 is 1.48 bits per heavy atom. The molecule has 0 unspecified atom stereocenters. The van der Waals surface area contributed by atoms with Crippen LogP contribution in [0.3, 0.4) is 0 Å². The van der Waals surface area contributed by atoms with Crippen molar-refractivity contribution in [3.05, 3.63) is 95.6 Å². The van der Waals surface area contributed by atoms with Crippen molar-refractivity contribution in [1.82, 2.24) is 5.32 Å². The van der Waals surface area contributed by atoms with Crippen molar-refractivity contribution in [2.75, 3.05) is 18.1 Å². The molecule has 1 N–H and O–H groups in total. The first-order valence-corrected chi connectivity index (χ1v) is 9.98. The number of anilines is 1. The number of urea groups is 1. The summed E-state index contributed by atoms with van der Waals surface area (Å²) in [4.78, 5) is 14.6. The number of hydrogen-bond acceptors (Lipinski definition) is 2. The lowest BCUT2D eigenvalue weighted by Crippen LogP contribution is -2.40. The lowest BCUT2D eigenvalue weighted by molar-refractivity contribution is 0.244. The highest BCUT2D eigenvalue weighted by molar-refractivity contribution is 5.91. The molecule has 0 aliphatic carbocycles. The van der Waals surface area contributed by atoms with Gasteiger partial charge in [-0.2, -0.15) is 0 Å². The van der Waals surface area contributed by atoms with Crippen LogP contribution in [-0.4, -0.2) is 19.2 Å². The zero-order valence-electron chi connectivity index (χ0n) is 17.1. The van der Waals surface area contributed by atoms with Crippen molar-refractivity contribution in [1.29, 1.82) is 0 Å². The zero-order chi connectivity index (χ0) is 20.5. The molecule has 4 nitrogen and oxygen atoms in total. The average molecular weight is 389 g/mol. The molecule has 0 spiro atoms. The molecule has 0 saturated heterocycles. The van der Waals surface area contributed by atoms with Crippen molar-refractivity contribution < 1.29 is 9.53 Å². The molecule has 0 radical (unpaired) electrons. The summed E-state index contributed by atoms with van der Waals surface area (Å²) in [6.45, 7) is 5.74. The fraction of sp³-hybridized carbons (Fsp3) is 0.240. The van der Waals surface area contributed by atoms with E-state index in [1.165, 1.54) is 0 Å². The minimum atomic E-state index is -0.105. The Morgan fingerprint density at radius 3 is 2.14 bits per heavy atom. The maximum atomic E-state index is 12.9. The summed E-state index contributed by atoms with van der Waals surface area (Å²) in [6.07, 6.45) is 0.744. The Hall–Kier alpha value is -3.27. The molecule has 0 aliphatic rings. The van der Waals surface area contributed by atoms with Crippen LogP contribution >= 0.6 is 0 Å². The molecular weight excluding hydrogens is 360 g/mol. The van der Waals surface area contributed by atoms with Crippen molar-refractivity contribution in [3.63, 3.8) is 0 Å². The molecule has 3 rings (SSSR count). The smallest absolute Gasteiger partial charge is 0.322 e. The lowest BCUT2D eigenvalue weighted by atomic mass is 10.1. The van der Waals surface area contributed by atoms with Crippen LogP contribution in [0.2, 0.25) is 0 Å². The predicted molar refractivity (Wildman–Crippen MR) is 118 cm³/mol. The minimum absolute atomic E-state index is 0.105. The van der Waals surface area contributed by atoms with E-state index in [0.717, 1.165) is 34.5 Å². The molecular formula is C25H28N2O2. The van der Waals surface area contributed by atoms with E-state index in [4.69, 9.17) is 4.74 Å². The van der Waals surface area contributed by atoms with E-state index in [2.05, 4.69) is 5.32 Å². The topological polar surface area (TPSA) is 41.6 Å². The molecule has 0 aliphatic heterocycles. The Kier molecular flexibility index (Phi) is 7.28. The van der Waals surface area contributed by atoms with Gasteiger partial charge in [-0.3, -0.25) is 4.90 Å². The van der Waals surface area contributed by atoms with Gasteiger partial charge in [0, 0.05) is 12.2 Å². The highest BCUT2D eigenvalue weighted by Gasteiger charge is 2.15. The van der Waals surface area contributed by atoms with E-state index >= 15 is 0 Å². The standard InChI is InChI=1S/C25H28N2O2/c1-20-11-9-12-21(2)24(20)29-18-10-17-26-25(28)27(23-15-7-4-8-16-23)19-22-13-5-3-6-14-22/h3-9,11-16H,10,17-19H2,1-2H3,(H,26,28). The highest BCUT2D eigenvalue weighted by Crippen LogP contribution is 2.22. The number of amides is 2. The van der Waals surface area contributed by atoms with Crippen LogP contribution in [0.25, 0.3) is 0 Å². The predicted octanol–water partition coefficient (Wildman–Crippen LogP) is 5.49. The minimum Gasteiger partial charge on any atom is -0.493 e. The van der Waals surface area contributed by atoms with Crippen molar-refractivity contribution in [3.8, 4) is 5.75 Å². The van der Waals surface area contributed by atoms with E-state index in [0.29, 0.717) is 19.7 Å². The number of para-hydroxylation sites is 2. The molecule has 3 aromatic carbocycles. The molecule has 3 aromatic rings. The van der Waals surface area contributed by atoms with Crippen molar-refractivity contribution >= 4 is 11.7 Å². The van der Waals surface area contributed by atoms with Gasteiger partial charge in [-0.05, 0) is 49.1 Å². The fourth-order valence-corrected chi connectivity index (χ4v) is 3.22. The van der Waals surface area contributed by atoms with E-state index in [-0.39, 0.29) is 6.03 Å². The number of ether oxygens (including phenoxy) is 1. The maximum Gasteiger partial charge on any atom is 0.322 e. The second kappa shape index (κ2) is 10.3. The average Bonchev–Trinajstić information content (AvgIpc) is 2.75. The van der Waals surface area contributed by atoms with Gasteiger partial charge < -0.3 is 10.1 Å². The fourth-order valence-electron chi connectivity index (χ4n) is 3.22. The Morgan fingerprint density at radius 1 is 0.862 bits per heavy atom. The van der Waals surface area contributed by atoms with E-state index in [1.807, 2.05) is 92.7 Å². The second-order valence-electron chi connectivity index (χ2n) is 7.06. The molecule has 0 fully saturated rings. The highest BCUT2D eigenvalue weighted by atomic mass is 16.5. The zero-order valence-corrected chi connectivity index (χ0v) is 17.1. The van der Waals surface area contributed by atoms with Gasteiger partial charge in [-0.25, -0.2) is 4.79 Å². The first kappa shape index (κ1) is 20.5. The first-order valence-electron chi connectivity index (χ1n) is 9.98. The largest absolute Gasteiger partial charge is 0.493 e. The normalized spacial score (nSPS) is 10.4. The van der Waals surface area contributed by atoms with Crippen molar-refractivity contribution in [2.24, 2.45) is 0 Å². The summed E-state index contributed by atoms with van der Waals surface area (Å²) in [5, 5.41) is 3.02. The summed E-state index contributed by atoms with van der Waals surface area (Å²) in [6, 6.07) is 25.8.